The van der Waals surface area contributed by atoms with E-state index in [-0.39, 0.29) is 0 Å². The summed E-state index contributed by atoms with van der Waals surface area (Å²) in [5, 5.41) is 13.2. The van der Waals surface area contributed by atoms with Crippen LogP contribution in [0.1, 0.15) is 61.8 Å². The highest BCUT2D eigenvalue weighted by molar-refractivity contribution is 7.47. The minimum atomic E-state index is -1.33. The predicted octanol–water partition coefficient (Wildman–Crippen LogP) is 3.47. The first kappa shape index (κ1) is 21.7. The van der Waals surface area contributed by atoms with Crippen molar-refractivity contribution < 1.29 is 4.52 Å². The molecule has 0 rings (SSSR count). The SMILES string of the molecule is CC(C)N(C(C)C)N(N(C(C)C)C(C)C)P(N)OCCC#N. The highest BCUT2D eigenvalue weighted by atomic mass is 31.2. The molecule has 0 aliphatic heterocycles. The zero-order chi connectivity index (χ0) is 17.4. The van der Waals surface area contributed by atoms with Crippen molar-refractivity contribution in [1.29, 1.82) is 5.26 Å². The minimum Gasteiger partial charge on any atom is -0.329 e. The topological polar surface area (TPSA) is 68.8 Å². The van der Waals surface area contributed by atoms with E-state index in [0.29, 0.717) is 37.2 Å². The second kappa shape index (κ2) is 10.5. The Hall–Kier alpha value is -0.280. The van der Waals surface area contributed by atoms with Crippen LogP contribution >= 0.6 is 8.45 Å². The van der Waals surface area contributed by atoms with E-state index in [1.165, 1.54) is 0 Å². The van der Waals surface area contributed by atoms with Gasteiger partial charge in [-0.2, -0.15) is 5.26 Å². The third-order valence-corrected chi connectivity index (χ3v) is 4.36. The van der Waals surface area contributed by atoms with Crippen molar-refractivity contribution in [2.75, 3.05) is 6.61 Å². The Morgan fingerprint density at radius 3 is 1.55 bits per heavy atom. The van der Waals surface area contributed by atoms with Crippen molar-refractivity contribution in [2.24, 2.45) is 5.50 Å². The molecule has 0 aliphatic rings. The zero-order valence-electron chi connectivity index (χ0n) is 15.4. The van der Waals surface area contributed by atoms with E-state index < -0.39 is 8.45 Å². The van der Waals surface area contributed by atoms with Crippen LogP contribution in [-0.2, 0) is 4.52 Å². The summed E-state index contributed by atoms with van der Waals surface area (Å²) in [4.78, 5) is 2.09. The molecular weight excluding hydrogens is 297 g/mol. The van der Waals surface area contributed by atoms with Gasteiger partial charge in [0.25, 0.3) is 0 Å². The number of rotatable bonds is 10. The summed E-state index contributed by atoms with van der Waals surface area (Å²) in [7, 11) is -1.33. The third-order valence-electron chi connectivity index (χ3n) is 3.14. The lowest BCUT2D eigenvalue weighted by Crippen LogP contribution is -2.60. The van der Waals surface area contributed by atoms with Gasteiger partial charge in [0.05, 0.1) is 19.1 Å². The van der Waals surface area contributed by atoms with Crippen LogP contribution in [0.3, 0.4) is 0 Å². The second-order valence-electron chi connectivity index (χ2n) is 6.45. The normalized spacial score (nSPS) is 14.1. The number of hydrogen-bond acceptors (Lipinski definition) is 6. The first-order chi connectivity index (χ1) is 10.1. The standard InChI is InChI=1S/C15H34N5OP/c1-12(2)18(13(3)4)20(19(14(5)6)15(7)8)22(17)21-11-9-10-16/h12-15H,9,11,17H2,1-8H3. The van der Waals surface area contributed by atoms with E-state index in [4.69, 9.17) is 15.3 Å². The van der Waals surface area contributed by atoms with Crippen LogP contribution in [0, 0.1) is 11.3 Å². The quantitative estimate of drug-likeness (QED) is 0.375. The van der Waals surface area contributed by atoms with Crippen LogP contribution in [0.15, 0.2) is 0 Å². The molecule has 130 valence electrons. The zero-order valence-corrected chi connectivity index (χ0v) is 16.3. The highest BCUT2D eigenvalue weighted by Crippen LogP contribution is 2.39. The molecule has 0 saturated carbocycles. The molecule has 0 amide bonds. The third kappa shape index (κ3) is 6.45. The molecule has 0 bridgehead atoms. The lowest BCUT2D eigenvalue weighted by molar-refractivity contribution is -0.175. The number of hydrogen-bond donors (Lipinski definition) is 1. The molecule has 7 heteroatoms. The van der Waals surface area contributed by atoms with Crippen molar-refractivity contribution in [2.45, 2.75) is 86.0 Å². The largest absolute Gasteiger partial charge is 0.329 e. The fraction of sp³-hybridized carbons (Fsp3) is 0.933. The van der Waals surface area contributed by atoms with Gasteiger partial charge in [0.15, 0.2) is 0 Å². The summed E-state index contributed by atoms with van der Waals surface area (Å²) in [6.45, 7) is 17.6. The van der Waals surface area contributed by atoms with Crippen molar-refractivity contribution in [1.82, 2.24) is 14.9 Å². The molecule has 2 N–H and O–H groups in total. The maximum atomic E-state index is 8.69. The first-order valence-electron chi connectivity index (χ1n) is 8.06. The van der Waals surface area contributed by atoms with Gasteiger partial charge in [0, 0.05) is 24.2 Å². The molecule has 0 heterocycles. The van der Waals surface area contributed by atoms with Crippen molar-refractivity contribution in [3.63, 3.8) is 0 Å². The average molecular weight is 331 g/mol. The minimum absolute atomic E-state index is 0.299. The van der Waals surface area contributed by atoms with Gasteiger partial charge in [-0.3, -0.25) is 5.50 Å². The van der Waals surface area contributed by atoms with Crippen LogP contribution in [0.4, 0.5) is 0 Å². The molecule has 6 nitrogen and oxygen atoms in total. The van der Waals surface area contributed by atoms with Crippen LogP contribution < -0.4 is 5.50 Å². The number of nitrogens with zero attached hydrogens (tertiary/aromatic N) is 4. The van der Waals surface area contributed by atoms with Crippen molar-refractivity contribution in [3.8, 4) is 6.07 Å². The molecule has 22 heavy (non-hydrogen) atoms. The number of nitrogens with two attached hydrogens (primary N) is 1. The molecule has 0 aromatic rings. The molecule has 1 atom stereocenters. The fourth-order valence-electron chi connectivity index (χ4n) is 2.58. The Morgan fingerprint density at radius 1 is 0.909 bits per heavy atom. The Kier molecular flexibility index (Phi) is 10.4. The van der Waals surface area contributed by atoms with E-state index in [1.54, 1.807) is 0 Å². The van der Waals surface area contributed by atoms with E-state index in [2.05, 4.69) is 76.4 Å². The van der Waals surface area contributed by atoms with Gasteiger partial charge >= 0.3 is 0 Å². The van der Waals surface area contributed by atoms with Gasteiger partial charge in [0.2, 0.25) is 8.45 Å². The Bertz CT molecular complexity index is 307. The van der Waals surface area contributed by atoms with Gasteiger partial charge in [0.1, 0.15) is 0 Å². The van der Waals surface area contributed by atoms with Gasteiger partial charge in [-0.15, -0.1) is 4.89 Å². The molecule has 0 saturated heterocycles. The summed E-state index contributed by atoms with van der Waals surface area (Å²) in [5.41, 5.74) is 6.39. The van der Waals surface area contributed by atoms with Gasteiger partial charge in [-0.1, -0.05) is 0 Å². The van der Waals surface area contributed by atoms with Gasteiger partial charge in [-0.25, -0.2) is 10.0 Å². The summed E-state index contributed by atoms with van der Waals surface area (Å²) in [6.07, 6.45) is 0.358. The molecule has 0 fully saturated rings. The maximum absolute atomic E-state index is 8.69. The molecule has 0 aromatic heterocycles. The molecule has 1 unspecified atom stereocenters. The summed E-state index contributed by atoms with van der Waals surface area (Å²) >= 11 is 0. The predicted molar refractivity (Wildman–Crippen MR) is 93.4 cm³/mol. The number of hydrazine groups is 2. The van der Waals surface area contributed by atoms with Gasteiger partial charge in [-0.05, 0) is 55.4 Å². The summed E-state index contributed by atoms with van der Waals surface area (Å²) in [6, 6.07) is 3.29. The highest BCUT2D eigenvalue weighted by Gasteiger charge is 2.35. The summed E-state index contributed by atoms with van der Waals surface area (Å²) in [5.74, 6) is 0. The van der Waals surface area contributed by atoms with E-state index >= 15 is 0 Å². The van der Waals surface area contributed by atoms with Gasteiger partial charge < -0.3 is 4.52 Å². The summed E-state index contributed by atoms with van der Waals surface area (Å²) < 4.78 is 5.77. The lowest BCUT2D eigenvalue weighted by Gasteiger charge is -2.50. The molecule has 0 radical (unpaired) electrons. The van der Waals surface area contributed by atoms with Crippen molar-refractivity contribution in [3.05, 3.63) is 0 Å². The van der Waals surface area contributed by atoms with E-state index in [1.807, 2.05) is 0 Å². The van der Waals surface area contributed by atoms with Crippen LogP contribution in [0.25, 0.3) is 0 Å². The monoisotopic (exact) mass is 331 g/mol. The van der Waals surface area contributed by atoms with Crippen LogP contribution in [0.5, 0.6) is 0 Å². The maximum Gasteiger partial charge on any atom is 0.212 e. The molecular formula is C15H34N5OP. The smallest absolute Gasteiger partial charge is 0.212 e. The van der Waals surface area contributed by atoms with Crippen LogP contribution in [0.2, 0.25) is 0 Å². The lowest BCUT2D eigenvalue weighted by atomic mass is 10.3. The fourth-order valence-corrected chi connectivity index (χ4v) is 4.19. The number of nitriles is 1. The Morgan fingerprint density at radius 2 is 1.27 bits per heavy atom. The Labute approximate surface area is 138 Å². The van der Waals surface area contributed by atoms with E-state index in [0.717, 1.165) is 0 Å². The van der Waals surface area contributed by atoms with Crippen molar-refractivity contribution >= 4 is 8.45 Å². The molecule has 0 aliphatic carbocycles. The average Bonchev–Trinajstić information content (AvgIpc) is 2.36. The first-order valence-corrected chi connectivity index (χ1v) is 9.34. The molecule has 0 spiro atoms. The molecule has 0 aromatic carbocycles. The Balaban J connectivity index is 5.49. The van der Waals surface area contributed by atoms with E-state index in [9.17, 15) is 0 Å². The van der Waals surface area contributed by atoms with Crippen LogP contribution in [-0.4, -0.2) is 45.7 Å². The second-order valence-corrected chi connectivity index (χ2v) is 7.67.